The van der Waals surface area contributed by atoms with Crippen molar-refractivity contribution in [1.29, 1.82) is 0 Å². The first-order valence-electron chi connectivity index (χ1n) is 12.7. The number of H-pyrrole nitrogens is 1. The van der Waals surface area contributed by atoms with Gasteiger partial charge in [0.1, 0.15) is 24.4 Å². The summed E-state index contributed by atoms with van der Waals surface area (Å²) >= 11 is 0. The van der Waals surface area contributed by atoms with Crippen LogP contribution in [0.1, 0.15) is 23.7 Å². The molecule has 1 aromatic carbocycles. The van der Waals surface area contributed by atoms with E-state index in [0.717, 1.165) is 24.2 Å². The summed E-state index contributed by atoms with van der Waals surface area (Å²) in [6.45, 7) is 4.13. The third-order valence-electron chi connectivity index (χ3n) is 7.77. The lowest BCUT2D eigenvalue weighted by Gasteiger charge is -2.43. The van der Waals surface area contributed by atoms with Gasteiger partial charge in [0.2, 0.25) is 6.29 Å². The summed E-state index contributed by atoms with van der Waals surface area (Å²) in [4.78, 5) is 16.3. The van der Waals surface area contributed by atoms with Crippen LogP contribution in [0.4, 0.5) is 0 Å². The molecule has 38 heavy (non-hydrogen) atoms. The van der Waals surface area contributed by atoms with Crippen molar-refractivity contribution in [1.82, 2.24) is 10.3 Å². The smallest absolute Gasteiger partial charge is 0.337 e. The summed E-state index contributed by atoms with van der Waals surface area (Å²) in [7, 11) is 1.30. The molecule has 11 nitrogen and oxygen atoms in total. The van der Waals surface area contributed by atoms with Crippen molar-refractivity contribution >= 4 is 16.9 Å². The van der Waals surface area contributed by atoms with E-state index < -0.39 is 61.4 Å². The van der Waals surface area contributed by atoms with E-state index in [2.05, 4.69) is 22.9 Å². The fourth-order valence-electron chi connectivity index (χ4n) is 5.74. The van der Waals surface area contributed by atoms with Crippen molar-refractivity contribution < 1.29 is 44.2 Å². The van der Waals surface area contributed by atoms with Gasteiger partial charge in [0.25, 0.3) is 0 Å². The molecule has 11 heteroatoms. The molecule has 3 aliphatic heterocycles. The number of aliphatic hydroxyl groups is 4. The van der Waals surface area contributed by atoms with Crippen molar-refractivity contribution in [2.75, 3.05) is 20.3 Å². The van der Waals surface area contributed by atoms with Gasteiger partial charge in [-0.05, 0) is 31.0 Å². The highest BCUT2D eigenvalue weighted by molar-refractivity contribution is 5.89. The maximum Gasteiger partial charge on any atom is 0.337 e. The van der Waals surface area contributed by atoms with Crippen LogP contribution in [0.25, 0.3) is 10.9 Å². The van der Waals surface area contributed by atoms with Gasteiger partial charge in [-0.1, -0.05) is 24.3 Å². The van der Waals surface area contributed by atoms with E-state index in [1.165, 1.54) is 24.3 Å². The minimum Gasteiger partial charge on any atom is -0.471 e. The summed E-state index contributed by atoms with van der Waals surface area (Å²) in [5, 5.41) is 45.0. The zero-order chi connectivity index (χ0) is 27.0. The third kappa shape index (κ3) is 4.75. The SMILES string of the molecule is C=C[C@H]1[C@H](O[C@@H]2O[C@H](CO)[C@@H](O)[C@H](O)[C@H]2O)OC=C(C(=O)OC)[C@@H]1C[C@@H]1NCCc2c1[nH]c1ccccc21. The molecule has 3 aliphatic rings. The number of esters is 1. The lowest BCUT2D eigenvalue weighted by atomic mass is 9.78. The number of benzene rings is 1. The Labute approximate surface area is 219 Å². The summed E-state index contributed by atoms with van der Waals surface area (Å²) in [5.41, 5.74) is 3.66. The van der Waals surface area contributed by atoms with E-state index in [9.17, 15) is 25.2 Å². The number of methoxy groups -OCH3 is 1. The molecule has 5 rings (SSSR count). The molecule has 0 amide bonds. The van der Waals surface area contributed by atoms with Crippen molar-refractivity contribution in [2.45, 2.75) is 55.9 Å². The highest BCUT2D eigenvalue weighted by Gasteiger charge is 2.48. The Hall–Kier alpha value is -2.77. The molecular weight excluding hydrogens is 496 g/mol. The lowest BCUT2D eigenvalue weighted by molar-refractivity contribution is -0.339. The molecule has 2 aromatic rings. The Bertz CT molecular complexity index is 1190. The predicted octanol–water partition coefficient (Wildman–Crippen LogP) is 0.393. The van der Waals surface area contributed by atoms with Crippen LogP contribution in [0.2, 0.25) is 0 Å². The van der Waals surface area contributed by atoms with Crippen LogP contribution in [0.15, 0.2) is 48.8 Å². The summed E-state index contributed by atoms with van der Waals surface area (Å²) in [6.07, 6.45) is -4.03. The second-order valence-electron chi connectivity index (χ2n) is 9.88. The summed E-state index contributed by atoms with van der Waals surface area (Å²) < 4.78 is 22.2. The Kier molecular flexibility index (Phi) is 7.87. The number of carbonyl (C=O) groups excluding carboxylic acids is 1. The van der Waals surface area contributed by atoms with Crippen LogP contribution in [0, 0.1) is 11.8 Å². The fraction of sp³-hybridized carbons (Fsp3) is 0.519. The second-order valence-corrected chi connectivity index (χ2v) is 9.88. The maximum absolute atomic E-state index is 12.7. The van der Waals surface area contributed by atoms with E-state index in [1.807, 2.05) is 18.2 Å². The largest absolute Gasteiger partial charge is 0.471 e. The van der Waals surface area contributed by atoms with Crippen LogP contribution in [0.3, 0.4) is 0 Å². The number of rotatable bonds is 7. The van der Waals surface area contributed by atoms with Crippen LogP contribution in [-0.2, 0) is 30.2 Å². The first-order chi connectivity index (χ1) is 18.4. The molecule has 0 radical (unpaired) electrons. The highest BCUT2D eigenvalue weighted by Crippen LogP contribution is 2.42. The predicted molar refractivity (Wildman–Crippen MR) is 134 cm³/mol. The third-order valence-corrected chi connectivity index (χ3v) is 7.77. The van der Waals surface area contributed by atoms with Gasteiger partial charge in [-0.15, -0.1) is 6.58 Å². The zero-order valence-corrected chi connectivity index (χ0v) is 21.0. The van der Waals surface area contributed by atoms with Crippen molar-refractivity contribution in [2.24, 2.45) is 11.8 Å². The van der Waals surface area contributed by atoms with Crippen molar-refractivity contribution in [3.05, 3.63) is 60.0 Å². The lowest BCUT2D eigenvalue weighted by Crippen LogP contribution is -2.60. The van der Waals surface area contributed by atoms with Crippen LogP contribution < -0.4 is 5.32 Å². The molecule has 0 spiro atoms. The first kappa shape index (κ1) is 26.8. The number of ether oxygens (including phenoxy) is 4. The minimum absolute atomic E-state index is 0.113. The topological polar surface area (TPSA) is 163 Å². The molecule has 9 atom stereocenters. The molecule has 1 saturated heterocycles. The molecule has 0 aliphatic carbocycles. The van der Waals surface area contributed by atoms with E-state index in [-0.39, 0.29) is 6.04 Å². The van der Waals surface area contributed by atoms with E-state index >= 15 is 0 Å². The van der Waals surface area contributed by atoms with Gasteiger partial charge in [-0.3, -0.25) is 0 Å². The molecule has 0 saturated carbocycles. The monoisotopic (exact) mass is 530 g/mol. The Balaban J connectivity index is 1.43. The van der Waals surface area contributed by atoms with Gasteiger partial charge in [0.15, 0.2) is 6.29 Å². The van der Waals surface area contributed by atoms with Gasteiger partial charge in [-0.2, -0.15) is 0 Å². The summed E-state index contributed by atoms with van der Waals surface area (Å²) in [5.74, 6) is -1.56. The van der Waals surface area contributed by atoms with Crippen LogP contribution >= 0.6 is 0 Å². The quantitative estimate of drug-likeness (QED) is 0.218. The van der Waals surface area contributed by atoms with Crippen molar-refractivity contribution in [3.63, 3.8) is 0 Å². The van der Waals surface area contributed by atoms with Crippen LogP contribution in [-0.4, -0.2) is 88.6 Å². The molecule has 206 valence electrons. The minimum atomic E-state index is -1.60. The molecule has 1 aromatic heterocycles. The van der Waals surface area contributed by atoms with Gasteiger partial charge < -0.3 is 49.7 Å². The number of carbonyl (C=O) groups is 1. The van der Waals surface area contributed by atoms with Gasteiger partial charge in [0.05, 0.1) is 25.6 Å². The standard InChI is InChI=1S/C27H34N2O9/c1-3-13-16(10-19-21-15(8-9-28-19)14-6-4-5-7-18(14)29-21)17(25(34)35-2)12-36-26(13)38-27-24(33)23(32)22(31)20(11-30)37-27/h3-7,12-13,16,19-20,22-24,26-33H,1,8-11H2,2H3/t13-,16-,19+,20-,22-,23+,24-,26+,27+/m1/s1. The number of aliphatic hydroxyl groups excluding tert-OH is 4. The average molecular weight is 531 g/mol. The van der Waals surface area contributed by atoms with E-state index in [0.29, 0.717) is 12.0 Å². The molecule has 0 bridgehead atoms. The van der Waals surface area contributed by atoms with E-state index in [1.54, 1.807) is 6.08 Å². The first-order valence-corrected chi connectivity index (χ1v) is 12.7. The Morgan fingerprint density at radius 1 is 1.18 bits per heavy atom. The number of hydrogen-bond donors (Lipinski definition) is 6. The molecule has 0 unspecified atom stereocenters. The molecule has 4 heterocycles. The highest BCUT2D eigenvalue weighted by atomic mass is 16.8. The normalized spacial score (nSPS) is 35.2. The van der Waals surface area contributed by atoms with E-state index in [4.69, 9.17) is 18.9 Å². The maximum atomic E-state index is 12.7. The molecule has 6 N–H and O–H groups in total. The van der Waals surface area contributed by atoms with Crippen LogP contribution in [0.5, 0.6) is 0 Å². The number of nitrogens with one attached hydrogen (secondary N) is 2. The van der Waals surface area contributed by atoms with Gasteiger partial charge in [-0.25, -0.2) is 4.79 Å². The fourth-order valence-corrected chi connectivity index (χ4v) is 5.74. The molecule has 1 fully saturated rings. The van der Waals surface area contributed by atoms with Gasteiger partial charge in [0, 0.05) is 34.5 Å². The van der Waals surface area contributed by atoms with Gasteiger partial charge >= 0.3 is 5.97 Å². The molecular formula is C27H34N2O9. The zero-order valence-electron chi connectivity index (χ0n) is 21.0. The van der Waals surface area contributed by atoms with Crippen molar-refractivity contribution in [3.8, 4) is 0 Å². The number of hydrogen-bond acceptors (Lipinski definition) is 10. The second kappa shape index (κ2) is 11.1. The summed E-state index contributed by atoms with van der Waals surface area (Å²) in [6, 6.07) is 8.02. The number of aromatic nitrogens is 1. The Morgan fingerprint density at radius 2 is 1.97 bits per heavy atom. The Morgan fingerprint density at radius 3 is 2.71 bits per heavy atom. The number of para-hydroxylation sites is 1. The number of aromatic amines is 1. The average Bonchev–Trinajstić information content (AvgIpc) is 3.33. The number of fused-ring (bicyclic) bond motifs is 3.